The van der Waals surface area contributed by atoms with E-state index >= 15 is 0 Å². The predicted octanol–water partition coefficient (Wildman–Crippen LogP) is 2.93. The molecule has 2 aliphatic heterocycles. The van der Waals surface area contributed by atoms with Crippen LogP contribution in [0, 0.1) is 0 Å². The third kappa shape index (κ3) is 3.64. The summed E-state index contributed by atoms with van der Waals surface area (Å²) >= 11 is 2.59. The Morgan fingerprint density at radius 3 is 2.69 bits per heavy atom. The number of hydrogen-bond acceptors (Lipinski definition) is 7. The van der Waals surface area contributed by atoms with Crippen molar-refractivity contribution in [1.82, 2.24) is 4.57 Å². The Kier molecular flexibility index (Phi) is 5.96. The van der Waals surface area contributed by atoms with Gasteiger partial charge in [0.15, 0.2) is 4.80 Å². The van der Waals surface area contributed by atoms with Crippen molar-refractivity contribution in [3.8, 4) is 0 Å². The van der Waals surface area contributed by atoms with Crippen LogP contribution in [0.4, 0.5) is 5.69 Å². The molecule has 0 fully saturated rings. The van der Waals surface area contributed by atoms with Crippen molar-refractivity contribution >= 4 is 45.8 Å². The van der Waals surface area contributed by atoms with Gasteiger partial charge in [-0.05, 0) is 24.4 Å². The van der Waals surface area contributed by atoms with Crippen LogP contribution in [0.1, 0.15) is 23.4 Å². The standard InChI is InChI=1S/C26H21N3O4S2/c1-4-12-28-17-10-7-6-9-16(17)20(23(28)30)22-24(31)29-21(18-11-8-14-34-18)19(25(32)33-13-5-2)15(3)27-26(29)35-22/h4-11,14,21H,1-2,12-13H2,3H3/b22-20-/t21-/m1/s1. The number of thiophene rings is 1. The van der Waals surface area contributed by atoms with E-state index < -0.39 is 12.0 Å². The average molecular weight is 504 g/mol. The van der Waals surface area contributed by atoms with Gasteiger partial charge in [-0.2, -0.15) is 0 Å². The third-order valence-electron chi connectivity index (χ3n) is 5.82. The average Bonchev–Trinajstić information content (AvgIpc) is 3.55. The highest BCUT2D eigenvalue weighted by atomic mass is 32.1. The fourth-order valence-electron chi connectivity index (χ4n) is 4.37. The van der Waals surface area contributed by atoms with E-state index in [4.69, 9.17) is 4.74 Å². The highest BCUT2D eigenvalue weighted by molar-refractivity contribution is 7.10. The number of carbonyl (C=O) groups excluding carboxylic acids is 2. The molecule has 0 saturated heterocycles. The summed E-state index contributed by atoms with van der Waals surface area (Å²) in [4.78, 5) is 47.8. The number of amides is 1. The molecule has 5 rings (SSSR count). The molecule has 0 radical (unpaired) electrons. The molecule has 2 aliphatic rings. The molecule has 1 atom stereocenters. The topological polar surface area (TPSA) is 81.0 Å². The lowest BCUT2D eigenvalue weighted by Gasteiger charge is -2.23. The molecule has 0 bridgehead atoms. The molecule has 0 spiro atoms. The van der Waals surface area contributed by atoms with Crippen molar-refractivity contribution in [3.63, 3.8) is 0 Å². The summed E-state index contributed by atoms with van der Waals surface area (Å²) in [6, 6.07) is 10.4. The highest BCUT2D eigenvalue weighted by Crippen LogP contribution is 2.36. The van der Waals surface area contributed by atoms with E-state index in [0.29, 0.717) is 38.3 Å². The molecule has 0 saturated carbocycles. The van der Waals surface area contributed by atoms with Gasteiger partial charge in [0.25, 0.3) is 11.5 Å². The van der Waals surface area contributed by atoms with E-state index in [1.54, 1.807) is 17.9 Å². The fourth-order valence-corrected chi connectivity index (χ4v) is 6.33. The van der Waals surface area contributed by atoms with Crippen LogP contribution in [0.2, 0.25) is 0 Å². The molecule has 0 aliphatic carbocycles. The second-order valence-electron chi connectivity index (χ2n) is 7.90. The molecule has 0 unspecified atom stereocenters. The van der Waals surface area contributed by atoms with Gasteiger partial charge < -0.3 is 9.64 Å². The minimum atomic E-state index is -0.700. The normalized spacial score (nSPS) is 18.1. The van der Waals surface area contributed by atoms with Gasteiger partial charge in [0.1, 0.15) is 17.2 Å². The second kappa shape index (κ2) is 9.09. The van der Waals surface area contributed by atoms with Crippen LogP contribution in [-0.2, 0) is 14.3 Å². The molecule has 176 valence electrons. The summed E-state index contributed by atoms with van der Waals surface area (Å²) in [7, 11) is 0. The quantitative estimate of drug-likeness (QED) is 0.383. The summed E-state index contributed by atoms with van der Waals surface area (Å²) in [6.07, 6.45) is 3.14. The SMILES string of the molecule is C=CCOC(=O)C1=C(C)N=c2s/c(=C3\C(=O)N(CC=C)c4ccccc43)c(=O)n2[C@@H]1c1cccs1. The Morgan fingerprint density at radius 1 is 1.17 bits per heavy atom. The first kappa shape index (κ1) is 22.9. The first-order chi connectivity index (χ1) is 17.0. The number of carbonyl (C=O) groups is 2. The van der Waals surface area contributed by atoms with Gasteiger partial charge in [0.05, 0.1) is 22.5 Å². The number of anilines is 1. The largest absolute Gasteiger partial charge is 0.458 e. The second-order valence-corrected chi connectivity index (χ2v) is 9.86. The van der Waals surface area contributed by atoms with Crippen molar-refractivity contribution in [2.45, 2.75) is 13.0 Å². The number of para-hydroxylation sites is 1. The van der Waals surface area contributed by atoms with E-state index in [0.717, 1.165) is 21.9 Å². The van der Waals surface area contributed by atoms with Crippen LogP contribution in [0.5, 0.6) is 0 Å². The number of fused-ring (bicyclic) bond motifs is 2. The maximum atomic E-state index is 13.9. The molecule has 7 nitrogen and oxygen atoms in total. The lowest BCUT2D eigenvalue weighted by molar-refractivity contribution is -0.138. The van der Waals surface area contributed by atoms with Gasteiger partial charge in [-0.3, -0.25) is 14.2 Å². The van der Waals surface area contributed by atoms with Gasteiger partial charge in [0, 0.05) is 17.0 Å². The van der Waals surface area contributed by atoms with Crippen molar-refractivity contribution in [2.24, 2.45) is 4.99 Å². The number of ether oxygens (including phenoxy) is 1. The lowest BCUT2D eigenvalue weighted by atomic mass is 10.0. The van der Waals surface area contributed by atoms with Crippen LogP contribution in [0.3, 0.4) is 0 Å². The maximum Gasteiger partial charge on any atom is 0.338 e. The smallest absolute Gasteiger partial charge is 0.338 e. The zero-order chi connectivity index (χ0) is 24.7. The van der Waals surface area contributed by atoms with Crippen LogP contribution < -0.4 is 19.8 Å². The number of benzene rings is 1. The van der Waals surface area contributed by atoms with Crippen LogP contribution >= 0.6 is 22.7 Å². The van der Waals surface area contributed by atoms with Gasteiger partial charge >= 0.3 is 5.97 Å². The Labute approximate surface area is 208 Å². The predicted molar refractivity (Wildman–Crippen MR) is 137 cm³/mol. The fraction of sp³-hybridized carbons (Fsp3) is 0.154. The van der Waals surface area contributed by atoms with Crippen LogP contribution in [0.25, 0.3) is 5.57 Å². The molecule has 9 heteroatoms. The van der Waals surface area contributed by atoms with Gasteiger partial charge in [0.2, 0.25) is 0 Å². The molecule has 2 aromatic heterocycles. The van der Waals surface area contributed by atoms with Crippen molar-refractivity contribution in [3.05, 3.63) is 108 Å². The van der Waals surface area contributed by atoms with E-state index in [1.807, 2.05) is 41.8 Å². The molecule has 1 amide bonds. The zero-order valence-electron chi connectivity index (χ0n) is 18.9. The van der Waals surface area contributed by atoms with Crippen LogP contribution in [-0.4, -0.2) is 29.6 Å². The molecule has 4 heterocycles. The molecule has 35 heavy (non-hydrogen) atoms. The van der Waals surface area contributed by atoms with E-state index in [2.05, 4.69) is 18.2 Å². The number of esters is 1. The van der Waals surface area contributed by atoms with Gasteiger partial charge in [-0.25, -0.2) is 9.79 Å². The van der Waals surface area contributed by atoms with Crippen LogP contribution in [0.15, 0.2) is 88.1 Å². The number of nitrogens with zero attached hydrogens (tertiary/aromatic N) is 3. The first-order valence-electron chi connectivity index (χ1n) is 10.9. The van der Waals surface area contributed by atoms with E-state index in [9.17, 15) is 14.4 Å². The summed E-state index contributed by atoms with van der Waals surface area (Å²) in [6.45, 7) is 9.46. The summed E-state index contributed by atoms with van der Waals surface area (Å²) in [5.74, 6) is -0.813. The highest BCUT2D eigenvalue weighted by Gasteiger charge is 2.37. The van der Waals surface area contributed by atoms with Crippen molar-refractivity contribution in [1.29, 1.82) is 0 Å². The van der Waals surface area contributed by atoms with E-state index in [1.165, 1.54) is 22.0 Å². The zero-order valence-corrected chi connectivity index (χ0v) is 20.5. The molecule has 0 N–H and O–H groups in total. The van der Waals surface area contributed by atoms with Crippen molar-refractivity contribution in [2.75, 3.05) is 18.1 Å². The maximum absolute atomic E-state index is 13.9. The van der Waals surface area contributed by atoms with Gasteiger partial charge in [-0.1, -0.05) is 54.3 Å². The molecular formula is C26H21N3O4S2. The Balaban J connectivity index is 1.78. The van der Waals surface area contributed by atoms with Crippen molar-refractivity contribution < 1.29 is 14.3 Å². The number of rotatable bonds is 6. The number of aromatic nitrogens is 1. The summed E-state index contributed by atoms with van der Waals surface area (Å²) in [5.41, 5.74) is 2.17. The molecular weight excluding hydrogens is 482 g/mol. The molecule has 3 aromatic rings. The Hall–Kier alpha value is -3.82. The molecule has 1 aromatic carbocycles. The minimum Gasteiger partial charge on any atom is -0.458 e. The first-order valence-corrected chi connectivity index (χ1v) is 12.6. The summed E-state index contributed by atoms with van der Waals surface area (Å²) in [5, 5.41) is 1.89. The van der Waals surface area contributed by atoms with E-state index in [-0.39, 0.29) is 18.1 Å². The lowest BCUT2D eigenvalue weighted by Crippen LogP contribution is -2.40. The number of hydrogen-bond donors (Lipinski definition) is 0. The third-order valence-corrected chi connectivity index (χ3v) is 7.80. The number of allylic oxidation sites excluding steroid dienone is 1. The van der Waals surface area contributed by atoms with Gasteiger partial charge in [-0.15, -0.1) is 17.9 Å². The Morgan fingerprint density at radius 2 is 1.97 bits per heavy atom. The Bertz CT molecular complexity index is 1590. The minimum absolute atomic E-state index is 0.0474. The monoisotopic (exact) mass is 503 g/mol. The summed E-state index contributed by atoms with van der Waals surface area (Å²) < 4.78 is 7.13. The number of thiazole rings is 1.